The van der Waals surface area contributed by atoms with Crippen LogP contribution in [0.3, 0.4) is 0 Å². The molecule has 23 heavy (non-hydrogen) atoms. The van der Waals surface area contributed by atoms with E-state index in [-0.39, 0.29) is 17.7 Å². The molecule has 1 amide bonds. The highest BCUT2D eigenvalue weighted by molar-refractivity contribution is 9.10. The quantitative estimate of drug-likeness (QED) is 0.791. The van der Waals surface area contributed by atoms with Crippen molar-refractivity contribution in [3.63, 3.8) is 0 Å². The van der Waals surface area contributed by atoms with Crippen LogP contribution in [-0.2, 0) is 14.6 Å². The summed E-state index contributed by atoms with van der Waals surface area (Å²) in [4.78, 5) is 14.0. The summed E-state index contributed by atoms with van der Waals surface area (Å²) in [6.45, 7) is 3.94. The van der Waals surface area contributed by atoms with Crippen LogP contribution in [0.25, 0.3) is 0 Å². The molecule has 128 valence electrons. The normalized spacial score (nSPS) is 19.5. The fourth-order valence-corrected chi connectivity index (χ4v) is 4.26. The first-order valence-corrected chi connectivity index (χ1v) is 10.4. The summed E-state index contributed by atoms with van der Waals surface area (Å²) in [6.07, 6.45) is 2.42. The number of likely N-dealkylation sites (tertiary alicyclic amines) is 1. The lowest BCUT2D eigenvalue weighted by Gasteiger charge is -2.33. The Morgan fingerprint density at radius 3 is 2.70 bits per heavy atom. The molecular formula is C16H23BrN2O3S. The average Bonchev–Trinajstić information content (AvgIpc) is 2.54. The molecule has 0 aromatic heterocycles. The maximum Gasteiger partial charge on any atom is 0.219 e. The van der Waals surface area contributed by atoms with Crippen molar-refractivity contribution >= 4 is 31.7 Å². The van der Waals surface area contributed by atoms with Crippen molar-refractivity contribution < 1.29 is 13.2 Å². The van der Waals surface area contributed by atoms with Gasteiger partial charge in [0.15, 0.2) is 9.84 Å². The number of carbonyl (C=O) groups is 1. The number of nitrogens with zero attached hydrogens (tertiary/aromatic N) is 1. The Kier molecular flexibility index (Phi) is 6.61. The molecule has 0 spiro atoms. The van der Waals surface area contributed by atoms with E-state index < -0.39 is 9.84 Å². The van der Waals surface area contributed by atoms with E-state index in [9.17, 15) is 13.2 Å². The first-order chi connectivity index (χ1) is 10.9. The van der Waals surface area contributed by atoms with E-state index in [1.807, 2.05) is 6.92 Å². The second-order valence-electron chi connectivity index (χ2n) is 5.83. The Hall–Kier alpha value is -0.920. The third-order valence-corrected chi connectivity index (χ3v) is 6.28. The maximum atomic E-state index is 12.4. The lowest BCUT2D eigenvalue weighted by molar-refractivity contribution is -0.121. The standard InChI is InChI=1S/C16H23BrN2O3S/c1-2-16(20)18-14-4-3-9-19(12-14)10-11-23(21,22)15-7-5-13(17)6-8-15/h5-8,14H,2-4,9-12H2,1H3,(H,18,20)/t14-/m0/s1. The number of hydrogen-bond acceptors (Lipinski definition) is 4. The molecule has 1 aromatic rings. The van der Waals surface area contributed by atoms with Crippen LogP contribution in [0.2, 0.25) is 0 Å². The summed E-state index contributed by atoms with van der Waals surface area (Å²) < 4.78 is 25.6. The first-order valence-electron chi connectivity index (χ1n) is 7.91. The summed E-state index contributed by atoms with van der Waals surface area (Å²) in [7, 11) is -3.27. The molecule has 7 heteroatoms. The molecule has 1 saturated heterocycles. The van der Waals surface area contributed by atoms with Crippen molar-refractivity contribution in [2.24, 2.45) is 0 Å². The molecule has 0 bridgehead atoms. The number of carbonyl (C=O) groups excluding carboxylic acids is 1. The number of piperidine rings is 1. The maximum absolute atomic E-state index is 12.4. The Balaban J connectivity index is 1.89. The third-order valence-electron chi connectivity index (χ3n) is 4.04. The van der Waals surface area contributed by atoms with Gasteiger partial charge in [-0.15, -0.1) is 0 Å². The predicted molar refractivity (Wildman–Crippen MR) is 94.1 cm³/mol. The van der Waals surface area contributed by atoms with Crippen LogP contribution in [0, 0.1) is 0 Å². The summed E-state index contributed by atoms with van der Waals surface area (Å²) >= 11 is 3.31. The Labute approximate surface area is 146 Å². The molecule has 1 fully saturated rings. The van der Waals surface area contributed by atoms with Gasteiger partial charge >= 0.3 is 0 Å². The van der Waals surface area contributed by atoms with Crippen LogP contribution in [0.15, 0.2) is 33.6 Å². The SMILES string of the molecule is CCC(=O)N[C@H]1CCCN(CCS(=O)(=O)c2ccc(Br)cc2)C1. The average molecular weight is 403 g/mol. The number of halogens is 1. The van der Waals surface area contributed by atoms with Crippen molar-refractivity contribution in [1.29, 1.82) is 0 Å². The van der Waals surface area contributed by atoms with Crippen LogP contribution in [-0.4, -0.2) is 50.7 Å². The van der Waals surface area contributed by atoms with Crippen molar-refractivity contribution in [2.75, 3.05) is 25.4 Å². The number of benzene rings is 1. The molecule has 1 aromatic carbocycles. The van der Waals surface area contributed by atoms with Crippen LogP contribution in [0.5, 0.6) is 0 Å². The van der Waals surface area contributed by atoms with Crippen LogP contribution < -0.4 is 5.32 Å². The highest BCUT2D eigenvalue weighted by atomic mass is 79.9. The Bertz CT molecular complexity index is 631. The fourth-order valence-electron chi connectivity index (χ4n) is 2.72. The first kappa shape index (κ1) is 18.4. The highest BCUT2D eigenvalue weighted by Crippen LogP contribution is 2.17. The van der Waals surface area contributed by atoms with Crippen molar-refractivity contribution in [2.45, 2.75) is 37.1 Å². The second kappa shape index (κ2) is 8.26. The Morgan fingerprint density at radius 2 is 2.04 bits per heavy atom. The minimum Gasteiger partial charge on any atom is -0.352 e. The van der Waals surface area contributed by atoms with Gasteiger partial charge in [-0.25, -0.2) is 8.42 Å². The number of nitrogens with one attached hydrogen (secondary N) is 1. The second-order valence-corrected chi connectivity index (χ2v) is 8.86. The van der Waals surface area contributed by atoms with Gasteiger partial charge in [0.05, 0.1) is 10.6 Å². The van der Waals surface area contributed by atoms with E-state index in [1.54, 1.807) is 24.3 Å². The number of hydrogen-bond donors (Lipinski definition) is 1. The third kappa shape index (κ3) is 5.58. The van der Waals surface area contributed by atoms with Gasteiger partial charge in [-0.1, -0.05) is 22.9 Å². The molecule has 5 nitrogen and oxygen atoms in total. The molecule has 0 unspecified atom stereocenters. The topological polar surface area (TPSA) is 66.5 Å². The molecule has 0 radical (unpaired) electrons. The zero-order chi connectivity index (χ0) is 16.9. The van der Waals surface area contributed by atoms with E-state index in [0.29, 0.717) is 17.9 Å². The zero-order valence-corrected chi connectivity index (χ0v) is 15.7. The minimum absolute atomic E-state index is 0.0549. The molecule has 2 rings (SSSR count). The van der Waals surface area contributed by atoms with Gasteiger partial charge in [0.25, 0.3) is 0 Å². The molecule has 0 aliphatic carbocycles. The smallest absolute Gasteiger partial charge is 0.219 e. The van der Waals surface area contributed by atoms with Gasteiger partial charge < -0.3 is 10.2 Å². The lowest BCUT2D eigenvalue weighted by Crippen LogP contribution is -2.48. The monoisotopic (exact) mass is 402 g/mol. The summed E-state index contributed by atoms with van der Waals surface area (Å²) in [5.41, 5.74) is 0. The summed E-state index contributed by atoms with van der Waals surface area (Å²) in [5, 5.41) is 3.00. The highest BCUT2D eigenvalue weighted by Gasteiger charge is 2.23. The van der Waals surface area contributed by atoms with Gasteiger partial charge in [0.2, 0.25) is 5.91 Å². The summed E-state index contributed by atoms with van der Waals surface area (Å²) in [5.74, 6) is 0.155. The van der Waals surface area contributed by atoms with Gasteiger partial charge in [-0.2, -0.15) is 0 Å². The number of amides is 1. The van der Waals surface area contributed by atoms with Gasteiger partial charge in [-0.3, -0.25) is 4.79 Å². The Morgan fingerprint density at radius 1 is 1.35 bits per heavy atom. The van der Waals surface area contributed by atoms with Gasteiger partial charge in [-0.05, 0) is 43.7 Å². The lowest BCUT2D eigenvalue weighted by atomic mass is 10.1. The van der Waals surface area contributed by atoms with Crippen molar-refractivity contribution in [1.82, 2.24) is 10.2 Å². The minimum atomic E-state index is -3.27. The summed E-state index contributed by atoms with van der Waals surface area (Å²) in [6, 6.07) is 6.86. The largest absolute Gasteiger partial charge is 0.352 e. The van der Waals surface area contributed by atoms with Crippen molar-refractivity contribution in [3.8, 4) is 0 Å². The molecule has 1 N–H and O–H groups in total. The van der Waals surface area contributed by atoms with E-state index in [0.717, 1.165) is 30.4 Å². The van der Waals surface area contributed by atoms with Crippen LogP contribution in [0.1, 0.15) is 26.2 Å². The molecule has 1 aliphatic rings. The van der Waals surface area contributed by atoms with E-state index in [1.165, 1.54) is 0 Å². The van der Waals surface area contributed by atoms with Crippen LogP contribution >= 0.6 is 15.9 Å². The van der Waals surface area contributed by atoms with Gasteiger partial charge in [0, 0.05) is 30.0 Å². The molecule has 0 saturated carbocycles. The van der Waals surface area contributed by atoms with E-state index >= 15 is 0 Å². The molecule has 1 aliphatic heterocycles. The molecule has 1 heterocycles. The van der Waals surface area contributed by atoms with Crippen molar-refractivity contribution in [3.05, 3.63) is 28.7 Å². The van der Waals surface area contributed by atoms with E-state index in [2.05, 4.69) is 26.1 Å². The predicted octanol–water partition coefficient (Wildman–Crippen LogP) is 2.21. The zero-order valence-electron chi connectivity index (χ0n) is 13.3. The van der Waals surface area contributed by atoms with E-state index in [4.69, 9.17) is 0 Å². The number of rotatable bonds is 6. The number of sulfone groups is 1. The van der Waals surface area contributed by atoms with Gasteiger partial charge in [0.1, 0.15) is 0 Å². The van der Waals surface area contributed by atoms with Crippen LogP contribution in [0.4, 0.5) is 0 Å². The molecule has 1 atom stereocenters. The molecular weight excluding hydrogens is 380 g/mol. The fraction of sp³-hybridized carbons (Fsp3) is 0.562.